The van der Waals surface area contributed by atoms with Crippen LogP contribution in [0, 0.1) is 0 Å². The van der Waals surface area contributed by atoms with E-state index in [1.807, 2.05) is 30.3 Å². The Kier molecular flexibility index (Phi) is 3.96. The first-order valence-corrected chi connectivity index (χ1v) is 5.24. The highest BCUT2D eigenvalue weighted by molar-refractivity contribution is 9.09. The van der Waals surface area contributed by atoms with Crippen molar-refractivity contribution in [1.82, 2.24) is 5.32 Å². The van der Waals surface area contributed by atoms with Gasteiger partial charge in [0.15, 0.2) is 0 Å². The summed E-state index contributed by atoms with van der Waals surface area (Å²) in [5, 5.41) is 3.59. The van der Waals surface area contributed by atoms with Crippen LogP contribution >= 0.6 is 15.9 Å². The zero-order chi connectivity index (χ0) is 9.68. The number of nitrogens with one attached hydrogen (secondary N) is 1. The molecule has 0 heterocycles. The molecule has 0 aliphatic rings. The Hall–Kier alpha value is -0.830. The van der Waals surface area contributed by atoms with Crippen molar-refractivity contribution in [2.24, 2.45) is 0 Å². The Morgan fingerprint density at radius 1 is 1.46 bits per heavy atom. The van der Waals surface area contributed by atoms with Gasteiger partial charge in [0.1, 0.15) is 0 Å². The van der Waals surface area contributed by atoms with Gasteiger partial charge in [0.05, 0.1) is 6.04 Å². The predicted molar refractivity (Wildman–Crippen MR) is 56.8 cm³/mol. The molecule has 0 aromatic heterocycles. The second kappa shape index (κ2) is 5.02. The minimum Gasteiger partial charge on any atom is -0.349 e. The van der Waals surface area contributed by atoms with Crippen molar-refractivity contribution >= 4 is 21.8 Å². The summed E-state index contributed by atoms with van der Waals surface area (Å²) < 4.78 is 0. The van der Waals surface area contributed by atoms with Crippen molar-refractivity contribution in [3.63, 3.8) is 0 Å². The van der Waals surface area contributed by atoms with Gasteiger partial charge in [0.25, 0.3) is 0 Å². The maximum absolute atomic E-state index is 10.9. The SMILES string of the molecule is CC(=O)N[C@H](CBr)c1ccccc1. The van der Waals surface area contributed by atoms with E-state index in [-0.39, 0.29) is 11.9 Å². The summed E-state index contributed by atoms with van der Waals surface area (Å²) >= 11 is 3.37. The standard InChI is InChI=1S/C10H12BrNO/c1-8(13)12-10(7-11)9-5-3-2-4-6-9/h2-6,10H,7H2,1H3,(H,12,13)/t10-/m1/s1. The number of carbonyl (C=O) groups excluding carboxylic acids is 1. The fourth-order valence-corrected chi connectivity index (χ4v) is 1.68. The molecule has 1 rings (SSSR count). The van der Waals surface area contributed by atoms with Crippen LogP contribution in [0.4, 0.5) is 0 Å². The molecule has 1 aromatic rings. The van der Waals surface area contributed by atoms with E-state index in [9.17, 15) is 4.79 Å². The Labute approximate surface area is 86.5 Å². The van der Waals surface area contributed by atoms with Gasteiger partial charge < -0.3 is 5.32 Å². The molecule has 0 radical (unpaired) electrons. The second-order valence-corrected chi connectivity index (χ2v) is 3.47. The number of hydrogen-bond acceptors (Lipinski definition) is 1. The van der Waals surface area contributed by atoms with Gasteiger partial charge >= 0.3 is 0 Å². The van der Waals surface area contributed by atoms with Crippen LogP contribution in [0.2, 0.25) is 0 Å². The summed E-state index contributed by atoms with van der Waals surface area (Å²) in [7, 11) is 0. The highest BCUT2D eigenvalue weighted by Crippen LogP contribution is 2.14. The molecule has 0 fully saturated rings. The molecule has 0 spiro atoms. The van der Waals surface area contributed by atoms with Crippen LogP contribution < -0.4 is 5.32 Å². The van der Waals surface area contributed by atoms with Crippen molar-refractivity contribution in [2.75, 3.05) is 5.33 Å². The van der Waals surface area contributed by atoms with Crippen molar-refractivity contribution in [1.29, 1.82) is 0 Å². The first kappa shape index (κ1) is 10.3. The molecule has 0 aliphatic carbocycles. The lowest BCUT2D eigenvalue weighted by molar-refractivity contribution is -0.119. The quantitative estimate of drug-likeness (QED) is 0.809. The molecule has 0 unspecified atom stereocenters. The van der Waals surface area contributed by atoms with E-state index < -0.39 is 0 Å². The molecular weight excluding hydrogens is 230 g/mol. The average molecular weight is 242 g/mol. The van der Waals surface area contributed by atoms with Crippen molar-refractivity contribution in [3.8, 4) is 0 Å². The lowest BCUT2D eigenvalue weighted by atomic mass is 10.1. The Morgan fingerprint density at radius 3 is 2.54 bits per heavy atom. The maximum atomic E-state index is 10.9. The Bertz CT molecular complexity index is 274. The smallest absolute Gasteiger partial charge is 0.217 e. The number of rotatable bonds is 3. The van der Waals surface area contributed by atoms with Crippen LogP contribution in [0.25, 0.3) is 0 Å². The van der Waals surface area contributed by atoms with Gasteiger partial charge in [-0.3, -0.25) is 4.79 Å². The third kappa shape index (κ3) is 3.19. The fraction of sp³-hybridized carbons (Fsp3) is 0.300. The Morgan fingerprint density at radius 2 is 2.08 bits per heavy atom. The molecule has 1 N–H and O–H groups in total. The van der Waals surface area contributed by atoms with E-state index in [0.29, 0.717) is 0 Å². The van der Waals surface area contributed by atoms with Gasteiger partial charge in [-0.25, -0.2) is 0 Å². The van der Waals surface area contributed by atoms with E-state index in [0.717, 1.165) is 10.9 Å². The van der Waals surface area contributed by atoms with Crippen LogP contribution in [-0.4, -0.2) is 11.2 Å². The van der Waals surface area contributed by atoms with Gasteiger partial charge in [0, 0.05) is 12.3 Å². The molecule has 2 nitrogen and oxygen atoms in total. The van der Waals surface area contributed by atoms with Gasteiger partial charge in [-0.1, -0.05) is 46.3 Å². The van der Waals surface area contributed by atoms with Gasteiger partial charge in [-0.05, 0) is 5.56 Å². The molecule has 13 heavy (non-hydrogen) atoms. The summed E-state index contributed by atoms with van der Waals surface area (Å²) in [6.07, 6.45) is 0. The van der Waals surface area contributed by atoms with E-state index in [4.69, 9.17) is 0 Å². The van der Waals surface area contributed by atoms with E-state index >= 15 is 0 Å². The lowest BCUT2D eigenvalue weighted by Crippen LogP contribution is -2.26. The largest absolute Gasteiger partial charge is 0.349 e. The average Bonchev–Trinajstić information content (AvgIpc) is 2.15. The molecule has 0 aliphatic heterocycles. The number of hydrogen-bond donors (Lipinski definition) is 1. The predicted octanol–water partition coefficient (Wildman–Crippen LogP) is 2.26. The van der Waals surface area contributed by atoms with E-state index in [2.05, 4.69) is 21.2 Å². The van der Waals surface area contributed by atoms with E-state index in [1.54, 1.807) is 0 Å². The lowest BCUT2D eigenvalue weighted by Gasteiger charge is -2.14. The van der Waals surface area contributed by atoms with Gasteiger partial charge in [-0.15, -0.1) is 0 Å². The van der Waals surface area contributed by atoms with Gasteiger partial charge in [-0.2, -0.15) is 0 Å². The molecule has 1 amide bonds. The molecule has 3 heteroatoms. The van der Waals surface area contributed by atoms with Crippen LogP contribution in [0.15, 0.2) is 30.3 Å². The molecule has 1 aromatic carbocycles. The number of alkyl halides is 1. The first-order chi connectivity index (χ1) is 6.24. The summed E-state index contributed by atoms with van der Waals surface area (Å²) in [6.45, 7) is 1.53. The first-order valence-electron chi connectivity index (χ1n) is 4.12. The number of halogens is 1. The summed E-state index contributed by atoms with van der Waals surface area (Å²) in [4.78, 5) is 10.9. The topological polar surface area (TPSA) is 29.1 Å². The summed E-state index contributed by atoms with van der Waals surface area (Å²) in [5.74, 6) is -0.00620. The van der Waals surface area contributed by atoms with E-state index in [1.165, 1.54) is 6.92 Å². The fourth-order valence-electron chi connectivity index (χ4n) is 1.14. The minimum atomic E-state index is -0.00620. The van der Waals surface area contributed by atoms with Crippen LogP contribution in [0.1, 0.15) is 18.5 Å². The zero-order valence-electron chi connectivity index (χ0n) is 7.46. The maximum Gasteiger partial charge on any atom is 0.217 e. The second-order valence-electron chi connectivity index (χ2n) is 2.82. The molecule has 70 valence electrons. The summed E-state index contributed by atoms with van der Waals surface area (Å²) in [5.41, 5.74) is 1.12. The van der Waals surface area contributed by atoms with Gasteiger partial charge in [0.2, 0.25) is 5.91 Å². The monoisotopic (exact) mass is 241 g/mol. The molecule has 0 saturated heterocycles. The molecular formula is C10H12BrNO. The third-order valence-corrected chi connectivity index (χ3v) is 2.38. The minimum absolute atomic E-state index is 0.00620. The number of amides is 1. The molecule has 0 bridgehead atoms. The van der Waals surface area contributed by atoms with Crippen LogP contribution in [0.5, 0.6) is 0 Å². The zero-order valence-corrected chi connectivity index (χ0v) is 9.04. The van der Waals surface area contributed by atoms with Crippen molar-refractivity contribution in [2.45, 2.75) is 13.0 Å². The third-order valence-electron chi connectivity index (χ3n) is 1.73. The highest BCUT2D eigenvalue weighted by atomic mass is 79.9. The summed E-state index contributed by atoms with van der Waals surface area (Å²) in [6, 6.07) is 9.96. The Balaban J connectivity index is 2.73. The number of benzene rings is 1. The van der Waals surface area contributed by atoms with Crippen molar-refractivity contribution < 1.29 is 4.79 Å². The highest BCUT2D eigenvalue weighted by Gasteiger charge is 2.09. The van der Waals surface area contributed by atoms with Crippen molar-refractivity contribution in [3.05, 3.63) is 35.9 Å². The van der Waals surface area contributed by atoms with Crippen LogP contribution in [-0.2, 0) is 4.79 Å². The normalized spacial score (nSPS) is 12.2. The van der Waals surface area contributed by atoms with Crippen LogP contribution in [0.3, 0.4) is 0 Å². The molecule has 0 saturated carbocycles. The number of carbonyl (C=O) groups is 1. The molecule has 1 atom stereocenters.